The zero-order valence-electron chi connectivity index (χ0n) is 11.3. The average molecular weight is 355 g/mol. The highest BCUT2D eigenvalue weighted by molar-refractivity contribution is 9.10. The standard InChI is InChI=1S/C14H15BrN2O2S/c1-9-5-10(15)7-12(6-9)17-14-16-11(8-20-14)3-4-13(18)19-2/h5-8H,3-4H2,1-2H3,(H,16,17). The first-order chi connectivity index (χ1) is 9.56. The number of nitrogens with one attached hydrogen (secondary N) is 1. The zero-order chi connectivity index (χ0) is 14.5. The number of esters is 1. The molecule has 0 saturated heterocycles. The summed E-state index contributed by atoms with van der Waals surface area (Å²) in [5, 5.41) is 6.04. The van der Waals surface area contributed by atoms with E-state index in [1.165, 1.54) is 24.0 Å². The maximum absolute atomic E-state index is 11.1. The van der Waals surface area contributed by atoms with Gasteiger partial charge in [-0.2, -0.15) is 0 Å². The van der Waals surface area contributed by atoms with Crippen molar-refractivity contribution in [1.82, 2.24) is 4.98 Å². The molecule has 0 amide bonds. The van der Waals surface area contributed by atoms with Gasteiger partial charge in [-0.25, -0.2) is 4.98 Å². The van der Waals surface area contributed by atoms with Crippen LogP contribution in [0.15, 0.2) is 28.1 Å². The van der Waals surface area contributed by atoms with Gasteiger partial charge in [-0.1, -0.05) is 15.9 Å². The minimum absolute atomic E-state index is 0.213. The summed E-state index contributed by atoms with van der Waals surface area (Å²) in [6, 6.07) is 6.11. The molecule has 0 fully saturated rings. The van der Waals surface area contributed by atoms with Crippen molar-refractivity contribution >= 4 is 44.1 Å². The topological polar surface area (TPSA) is 51.2 Å². The highest BCUT2D eigenvalue weighted by Gasteiger charge is 2.06. The molecule has 0 unspecified atom stereocenters. The number of carbonyl (C=O) groups is 1. The van der Waals surface area contributed by atoms with E-state index in [4.69, 9.17) is 0 Å². The number of hydrogen-bond donors (Lipinski definition) is 1. The molecule has 2 rings (SSSR count). The number of nitrogens with zero attached hydrogens (tertiary/aromatic N) is 1. The second-order valence-corrected chi connectivity index (χ2v) is 6.14. The van der Waals surface area contributed by atoms with Crippen LogP contribution in [-0.4, -0.2) is 18.1 Å². The number of aryl methyl sites for hydroxylation is 2. The van der Waals surface area contributed by atoms with Crippen molar-refractivity contribution in [3.63, 3.8) is 0 Å². The van der Waals surface area contributed by atoms with E-state index in [2.05, 4.69) is 43.1 Å². The molecule has 4 nitrogen and oxygen atoms in total. The molecule has 20 heavy (non-hydrogen) atoms. The maximum atomic E-state index is 11.1. The number of thiazole rings is 1. The molecule has 0 saturated carbocycles. The number of methoxy groups -OCH3 is 1. The average Bonchev–Trinajstić information content (AvgIpc) is 2.82. The van der Waals surface area contributed by atoms with Crippen LogP contribution < -0.4 is 5.32 Å². The van der Waals surface area contributed by atoms with Crippen molar-refractivity contribution < 1.29 is 9.53 Å². The number of aromatic nitrogens is 1. The predicted molar refractivity (Wildman–Crippen MR) is 84.6 cm³/mol. The smallest absolute Gasteiger partial charge is 0.305 e. The van der Waals surface area contributed by atoms with E-state index in [-0.39, 0.29) is 5.97 Å². The lowest BCUT2D eigenvalue weighted by molar-refractivity contribution is -0.140. The molecule has 0 atom stereocenters. The fourth-order valence-corrected chi connectivity index (χ4v) is 3.12. The first-order valence-electron chi connectivity index (χ1n) is 6.12. The zero-order valence-corrected chi connectivity index (χ0v) is 13.7. The fraction of sp³-hybridized carbons (Fsp3) is 0.286. The monoisotopic (exact) mass is 354 g/mol. The van der Waals surface area contributed by atoms with Gasteiger partial charge in [0.2, 0.25) is 0 Å². The lowest BCUT2D eigenvalue weighted by Gasteiger charge is -2.04. The van der Waals surface area contributed by atoms with Crippen molar-refractivity contribution in [2.75, 3.05) is 12.4 Å². The second kappa shape index (κ2) is 6.85. The summed E-state index contributed by atoms with van der Waals surface area (Å²) < 4.78 is 5.65. The van der Waals surface area contributed by atoms with E-state index in [0.717, 1.165) is 21.0 Å². The summed E-state index contributed by atoms with van der Waals surface area (Å²) >= 11 is 5.00. The molecule has 0 spiro atoms. The molecule has 1 heterocycles. The molecule has 0 radical (unpaired) electrons. The molecule has 1 aromatic heterocycles. The summed E-state index contributed by atoms with van der Waals surface area (Å²) in [4.78, 5) is 15.5. The molecule has 0 aliphatic rings. The summed E-state index contributed by atoms with van der Waals surface area (Å²) in [7, 11) is 1.39. The van der Waals surface area contributed by atoms with Crippen LogP contribution in [0.3, 0.4) is 0 Å². The first-order valence-corrected chi connectivity index (χ1v) is 7.79. The summed E-state index contributed by atoms with van der Waals surface area (Å²) in [6.45, 7) is 2.04. The van der Waals surface area contributed by atoms with Crippen molar-refractivity contribution in [3.8, 4) is 0 Å². The number of carbonyl (C=O) groups excluding carboxylic acids is 1. The fourth-order valence-electron chi connectivity index (χ4n) is 1.74. The lowest BCUT2D eigenvalue weighted by atomic mass is 10.2. The highest BCUT2D eigenvalue weighted by atomic mass is 79.9. The molecule has 1 aromatic carbocycles. The number of rotatable bonds is 5. The Morgan fingerprint density at radius 1 is 1.45 bits per heavy atom. The number of ether oxygens (including phenoxy) is 1. The highest BCUT2D eigenvalue weighted by Crippen LogP contribution is 2.25. The molecule has 106 valence electrons. The molecular weight excluding hydrogens is 340 g/mol. The van der Waals surface area contributed by atoms with Gasteiger partial charge >= 0.3 is 5.97 Å². The number of hydrogen-bond acceptors (Lipinski definition) is 5. The third-order valence-electron chi connectivity index (χ3n) is 2.66. The van der Waals surface area contributed by atoms with Crippen LogP contribution in [0.4, 0.5) is 10.8 Å². The van der Waals surface area contributed by atoms with Crippen molar-refractivity contribution in [2.24, 2.45) is 0 Å². The molecule has 0 bridgehead atoms. The molecule has 6 heteroatoms. The van der Waals surface area contributed by atoms with Gasteiger partial charge in [0.15, 0.2) is 5.13 Å². The van der Waals surface area contributed by atoms with Crippen LogP contribution in [0.5, 0.6) is 0 Å². The van der Waals surface area contributed by atoms with E-state index >= 15 is 0 Å². The predicted octanol–water partition coefficient (Wildman–Crippen LogP) is 4.06. The van der Waals surface area contributed by atoms with Crippen LogP contribution in [0.2, 0.25) is 0 Å². The van der Waals surface area contributed by atoms with Crippen molar-refractivity contribution in [1.29, 1.82) is 0 Å². The maximum Gasteiger partial charge on any atom is 0.305 e. The van der Waals surface area contributed by atoms with Gasteiger partial charge in [-0.05, 0) is 30.7 Å². The Morgan fingerprint density at radius 2 is 2.25 bits per heavy atom. The number of benzene rings is 1. The first kappa shape index (κ1) is 15.0. The van der Waals surface area contributed by atoms with Crippen LogP contribution in [0.1, 0.15) is 17.7 Å². The van der Waals surface area contributed by atoms with E-state index in [1.54, 1.807) is 0 Å². The van der Waals surface area contributed by atoms with Gasteiger partial charge in [0, 0.05) is 22.0 Å². The second-order valence-electron chi connectivity index (χ2n) is 4.36. The van der Waals surface area contributed by atoms with Crippen LogP contribution in [0.25, 0.3) is 0 Å². The Bertz CT molecular complexity index is 593. The van der Waals surface area contributed by atoms with Gasteiger partial charge in [0.1, 0.15) is 0 Å². The van der Waals surface area contributed by atoms with Gasteiger partial charge < -0.3 is 10.1 Å². The van der Waals surface area contributed by atoms with E-state index in [9.17, 15) is 4.79 Å². The van der Waals surface area contributed by atoms with E-state index in [1.807, 2.05) is 18.4 Å². The number of halogens is 1. The Labute approximate surface area is 130 Å². The summed E-state index contributed by atoms with van der Waals surface area (Å²) in [6.07, 6.45) is 0.956. The van der Waals surface area contributed by atoms with E-state index in [0.29, 0.717) is 12.8 Å². The summed E-state index contributed by atoms with van der Waals surface area (Å²) in [5.74, 6) is -0.213. The Morgan fingerprint density at radius 3 is 2.95 bits per heavy atom. The largest absolute Gasteiger partial charge is 0.469 e. The SMILES string of the molecule is COC(=O)CCc1csc(Nc2cc(C)cc(Br)c2)n1. The normalized spacial score (nSPS) is 10.3. The molecular formula is C14H15BrN2O2S. The van der Waals surface area contributed by atoms with Gasteiger partial charge in [0.25, 0.3) is 0 Å². The molecule has 0 aliphatic heterocycles. The van der Waals surface area contributed by atoms with Crippen LogP contribution in [0, 0.1) is 6.92 Å². The summed E-state index contributed by atoms with van der Waals surface area (Å²) in [5.41, 5.74) is 3.06. The third-order valence-corrected chi connectivity index (χ3v) is 3.92. The van der Waals surface area contributed by atoms with Gasteiger partial charge in [-0.15, -0.1) is 11.3 Å². The minimum Gasteiger partial charge on any atom is -0.469 e. The third kappa shape index (κ3) is 4.31. The Kier molecular flexibility index (Phi) is 5.14. The van der Waals surface area contributed by atoms with Crippen molar-refractivity contribution in [3.05, 3.63) is 39.3 Å². The Balaban J connectivity index is 2.00. The van der Waals surface area contributed by atoms with Gasteiger partial charge in [0.05, 0.1) is 19.2 Å². The van der Waals surface area contributed by atoms with E-state index < -0.39 is 0 Å². The van der Waals surface area contributed by atoms with Crippen molar-refractivity contribution in [2.45, 2.75) is 19.8 Å². The Hall–Kier alpha value is -1.40. The van der Waals surface area contributed by atoms with Gasteiger partial charge in [-0.3, -0.25) is 4.79 Å². The quantitative estimate of drug-likeness (QED) is 0.822. The number of anilines is 2. The van der Waals surface area contributed by atoms with Crippen LogP contribution in [-0.2, 0) is 16.0 Å². The molecule has 1 N–H and O–H groups in total. The molecule has 0 aliphatic carbocycles. The minimum atomic E-state index is -0.213. The lowest BCUT2D eigenvalue weighted by Crippen LogP contribution is -2.02. The molecule has 2 aromatic rings. The van der Waals surface area contributed by atoms with Crippen LogP contribution >= 0.6 is 27.3 Å².